The fourth-order valence-corrected chi connectivity index (χ4v) is 3.36. The van der Waals surface area contributed by atoms with Crippen LogP contribution >= 0.6 is 0 Å². The number of rotatable bonds is 4. The van der Waals surface area contributed by atoms with E-state index in [2.05, 4.69) is 16.7 Å². The summed E-state index contributed by atoms with van der Waals surface area (Å²) >= 11 is 0. The van der Waals surface area contributed by atoms with E-state index in [9.17, 15) is 4.79 Å². The number of carbonyl (C=O) groups is 1. The summed E-state index contributed by atoms with van der Waals surface area (Å²) in [6.07, 6.45) is 8.06. The Balaban J connectivity index is 1.83. The second kappa shape index (κ2) is 7.25. The van der Waals surface area contributed by atoms with E-state index in [4.69, 9.17) is 5.73 Å². The van der Waals surface area contributed by atoms with Crippen LogP contribution in [0.3, 0.4) is 0 Å². The first kappa shape index (κ1) is 14.8. The van der Waals surface area contributed by atoms with Gasteiger partial charge in [-0.25, -0.2) is 0 Å². The van der Waals surface area contributed by atoms with E-state index >= 15 is 0 Å². The molecule has 0 radical (unpaired) electrons. The summed E-state index contributed by atoms with van der Waals surface area (Å²) in [6, 6.07) is 0.840. The van der Waals surface area contributed by atoms with E-state index < -0.39 is 0 Å². The van der Waals surface area contributed by atoms with E-state index in [0.29, 0.717) is 24.5 Å². The molecule has 4 nitrogen and oxygen atoms in total. The number of amides is 1. The summed E-state index contributed by atoms with van der Waals surface area (Å²) in [5.41, 5.74) is 5.91. The van der Waals surface area contributed by atoms with Gasteiger partial charge in [-0.15, -0.1) is 0 Å². The monoisotopic (exact) mass is 267 g/mol. The Labute approximate surface area is 117 Å². The standard InChI is InChI=1S/C15H29N3O/c1-2-5-14-6-3-4-9-18(14)15(19)12-17-10-7-13(16)8-11-17/h13-14H,2-12,16H2,1H3. The first-order chi connectivity index (χ1) is 9.20. The zero-order valence-corrected chi connectivity index (χ0v) is 12.3. The molecule has 0 saturated carbocycles. The van der Waals surface area contributed by atoms with Crippen molar-refractivity contribution in [3.8, 4) is 0 Å². The fourth-order valence-electron chi connectivity index (χ4n) is 3.36. The van der Waals surface area contributed by atoms with Gasteiger partial charge in [0.25, 0.3) is 0 Å². The molecule has 1 amide bonds. The van der Waals surface area contributed by atoms with Gasteiger partial charge in [0, 0.05) is 31.7 Å². The van der Waals surface area contributed by atoms with Crippen molar-refractivity contribution in [3.63, 3.8) is 0 Å². The minimum atomic E-state index is 0.341. The largest absolute Gasteiger partial charge is 0.339 e. The number of carbonyl (C=O) groups excluding carboxylic acids is 1. The van der Waals surface area contributed by atoms with Crippen LogP contribution in [-0.4, -0.2) is 54.0 Å². The number of hydrogen-bond acceptors (Lipinski definition) is 3. The van der Waals surface area contributed by atoms with Crippen LogP contribution in [0.2, 0.25) is 0 Å². The summed E-state index contributed by atoms with van der Waals surface area (Å²) < 4.78 is 0. The molecule has 0 aliphatic carbocycles. The lowest BCUT2D eigenvalue weighted by Gasteiger charge is -2.38. The molecule has 2 rings (SSSR count). The van der Waals surface area contributed by atoms with Crippen LogP contribution in [0.25, 0.3) is 0 Å². The Bertz CT molecular complexity index is 285. The number of nitrogens with zero attached hydrogens (tertiary/aromatic N) is 2. The van der Waals surface area contributed by atoms with Crippen LogP contribution in [0.5, 0.6) is 0 Å². The predicted octanol–water partition coefficient (Wildman–Crippen LogP) is 1.59. The maximum atomic E-state index is 12.5. The predicted molar refractivity (Wildman–Crippen MR) is 77.9 cm³/mol. The SMILES string of the molecule is CCCC1CCCCN1C(=O)CN1CCC(N)CC1. The van der Waals surface area contributed by atoms with Crippen molar-refractivity contribution in [3.05, 3.63) is 0 Å². The molecule has 0 spiro atoms. The minimum Gasteiger partial charge on any atom is -0.339 e. The van der Waals surface area contributed by atoms with Crippen LogP contribution in [0.4, 0.5) is 0 Å². The molecule has 2 saturated heterocycles. The third-order valence-electron chi connectivity index (χ3n) is 4.56. The van der Waals surface area contributed by atoms with Crippen LogP contribution in [-0.2, 0) is 4.79 Å². The van der Waals surface area contributed by atoms with E-state index in [-0.39, 0.29) is 0 Å². The van der Waals surface area contributed by atoms with Gasteiger partial charge in [-0.2, -0.15) is 0 Å². The Kier molecular flexibility index (Phi) is 5.64. The summed E-state index contributed by atoms with van der Waals surface area (Å²) in [4.78, 5) is 16.9. The maximum Gasteiger partial charge on any atom is 0.236 e. The van der Waals surface area contributed by atoms with Crippen LogP contribution < -0.4 is 5.73 Å². The molecule has 0 bridgehead atoms. The second-order valence-corrected chi connectivity index (χ2v) is 6.14. The van der Waals surface area contributed by atoms with Gasteiger partial charge in [-0.3, -0.25) is 9.69 Å². The normalized spacial score (nSPS) is 26.6. The zero-order chi connectivity index (χ0) is 13.7. The van der Waals surface area contributed by atoms with E-state index in [0.717, 1.165) is 38.9 Å². The van der Waals surface area contributed by atoms with Gasteiger partial charge >= 0.3 is 0 Å². The highest BCUT2D eigenvalue weighted by Crippen LogP contribution is 2.21. The molecule has 2 N–H and O–H groups in total. The lowest BCUT2D eigenvalue weighted by Crippen LogP contribution is -2.50. The van der Waals surface area contributed by atoms with Crippen molar-refractivity contribution in [1.29, 1.82) is 0 Å². The highest BCUT2D eigenvalue weighted by molar-refractivity contribution is 5.78. The molecule has 2 aliphatic rings. The third kappa shape index (κ3) is 4.18. The van der Waals surface area contributed by atoms with Gasteiger partial charge < -0.3 is 10.6 Å². The topological polar surface area (TPSA) is 49.6 Å². The van der Waals surface area contributed by atoms with Gasteiger partial charge in [-0.1, -0.05) is 13.3 Å². The molecule has 19 heavy (non-hydrogen) atoms. The van der Waals surface area contributed by atoms with Crippen molar-refractivity contribution >= 4 is 5.91 Å². The highest BCUT2D eigenvalue weighted by atomic mass is 16.2. The second-order valence-electron chi connectivity index (χ2n) is 6.14. The molecule has 4 heteroatoms. The quantitative estimate of drug-likeness (QED) is 0.841. The Morgan fingerprint density at radius 2 is 1.89 bits per heavy atom. The van der Waals surface area contributed by atoms with Crippen molar-refractivity contribution < 1.29 is 4.79 Å². The van der Waals surface area contributed by atoms with Gasteiger partial charge in [-0.05, 0) is 38.5 Å². The fraction of sp³-hybridized carbons (Fsp3) is 0.933. The van der Waals surface area contributed by atoms with Gasteiger partial charge in [0.05, 0.1) is 6.54 Å². The molecule has 2 aliphatic heterocycles. The first-order valence-corrected chi connectivity index (χ1v) is 7.98. The molecule has 2 heterocycles. The summed E-state index contributed by atoms with van der Waals surface area (Å²) in [6.45, 7) is 5.76. The van der Waals surface area contributed by atoms with Crippen molar-refractivity contribution in [2.24, 2.45) is 5.73 Å². The summed E-state index contributed by atoms with van der Waals surface area (Å²) in [5, 5.41) is 0. The van der Waals surface area contributed by atoms with Crippen molar-refractivity contribution in [2.75, 3.05) is 26.2 Å². The van der Waals surface area contributed by atoms with Gasteiger partial charge in [0.1, 0.15) is 0 Å². The van der Waals surface area contributed by atoms with E-state index in [1.165, 1.54) is 25.7 Å². The Morgan fingerprint density at radius 3 is 2.58 bits per heavy atom. The number of likely N-dealkylation sites (tertiary alicyclic amines) is 2. The lowest BCUT2D eigenvalue weighted by atomic mass is 9.98. The average Bonchev–Trinajstić information content (AvgIpc) is 2.42. The molecule has 110 valence electrons. The number of nitrogens with two attached hydrogens (primary N) is 1. The summed E-state index contributed by atoms with van der Waals surface area (Å²) in [5.74, 6) is 0.341. The third-order valence-corrected chi connectivity index (χ3v) is 4.56. The Hall–Kier alpha value is -0.610. The van der Waals surface area contributed by atoms with Gasteiger partial charge in [0.15, 0.2) is 0 Å². The summed E-state index contributed by atoms with van der Waals surface area (Å²) in [7, 11) is 0. The molecular formula is C15H29N3O. The molecule has 2 fully saturated rings. The lowest BCUT2D eigenvalue weighted by molar-refractivity contribution is -0.136. The maximum absolute atomic E-state index is 12.5. The molecule has 0 aromatic heterocycles. The minimum absolute atomic E-state index is 0.341. The molecule has 1 unspecified atom stereocenters. The van der Waals surface area contributed by atoms with Crippen LogP contribution in [0.15, 0.2) is 0 Å². The number of piperidine rings is 2. The number of hydrogen-bond donors (Lipinski definition) is 1. The first-order valence-electron chi connectivity index (χ1n) is 7.98. The van der Waals surface area contributed by atoms with Crippen molar-refractivity contribution in [1.82, 2.24) is 9.80 Å². The molecular weight excluding hydrogens is 238 g/mol. The van der Waals surface area contributed by atoms with E-state index in [1.54, 1.807) is 0 Å². The van der Waals surface area contributed by atoms with Crippen molar-refractivity contribution in [2.45, 2.75) is 64.0 Å². The molecule has 0 aromatic rings. The van der Waals surface area contributed by atoms with Crippen LogP contribution in [0.1, 0.15) is 51.9 Å². The molecule has 1 atom stereocenters. The molecule has 0 aromatic carbocycles. The smallest absolute Gasteiger partial charge is 0.236 e. The van der Waals surface area contributed by atoms with E-state index in [1.807, 2.05) is 0 Å². The zero-order valence-electron chi connectivity index (χ0n) is 12.3. The average molecular weight is 267 g/mol. The van der Waals surface area contributed by atoms with Gasteiger partial charge in [0.2, 0.25) is 5.91 Å². The van der Waals surface area contributed by atoms with Crippen LogP contribution in [0, 0.1) is 0 Å². The Morgan fingerprint density at radius 1 is 1.16 bits per heavy atom. The highest BCUT2D eigenvalue weighted by Gasteiger charge is 2.27.